The summed E-state index contributed by atoms with van der Waals surface area (Å²) in [5.74, 6) is 1.90. The van der Waals surface area contributed by atoms with Crippen molar-refractivity contribution in [1.29, 1.82) is 0 Å². The molecule has 3 N–H and O–H groups in total. The van der Waals surface area contributed by atoms with Gasteiger partial charge in [-0.1, -0.05) is 12.1 Å². The van der Waals surface area contributed by atoms with Crippen molar-refractivity contribution in [3.63, 3.8) is 0 Å². The molecule has 25 heavy (non-hydrogen) atoms. The van der Waals surface area contributed by atoms with Gasteiger partial charge < -0.3 is 15.8 Å². The van der Waals surface area contributed by atoms with Crippen LogP contribution in [0.5, 0.6) is 5.75 Å². The number of benzene rings is 1. The summed E-state index contributed by atoms with van der Waals surface area (Å²) >= 11 is 0. The fraction of sp³-hybridized carbons (Fsp3) is 0.632. The van der Waals surface area contributed by atoms with Gasteiger partial charge in [-0.2, -0.15) is 0 Å². The van der Waals surface area contributed by atoms with E-state index in [-0.39, 0.29) is 29.5 Å². The van der Waals surface area contributed by atoms with E-state index >= 15 is 0 Å². The first-order valence-electron chi connectivity index (χ1n) is 8.72. The highest BCUT2D eigenvalue weighted by molar-refractivity contribution is 14.0. The van der Waals surface area contributed by atoms with Crippen molar-refractivity contribution >= 4 is 29.9 Å². The van der Waals surface area contributed by atoms with Crippen LogP contribution in [0.15, 0.2) is 29.3 Å². The zero-order chi connectivity index (χ0) is 17.7. The van der Waals surface area contributed by atoms with Crippen molar-refractivity contribution in [2.24, 2.45) is 16.6 Å². The van der Waals surface area contributed by atoms with Gasteiger partial charge in [0.2, 0.25) is 0 Å². The Morgan fingerprint density at radius 1 is 1.32 bits per heavy atom. The van der Waals surface area contributed by atoms with Gasteiger partial charge >= 0.3 is 0 Å². The molecule has 1 saturated heterocycles. The van der Waals surface area contributed by atoms with Gasteiger partial charge in [-0.15, -0.1) is 24.0 Å². The topological polar surface area (TPSA) is 62.9 Å². The molecule has 2 unspecified atom stereocenters. The number of guanidine groups is 1. The number of methoxy groups -OCH3 is 1. The van der Waals surface area contributed by atoms with Gasteiger partial charge in [0.15, 0.2) is 5.96 Å². The number of hydrogen-bond donors (Lipinski definition) is 2. The number of hydrogen-bond acceptors (Lipinski definition) is 3. The second-order valence-corrected chi connectivity index (χ2v) is 7.70. The fourth-order valence-electron chi connectivity index (χ4n) is 3.42. The second-order valence-electron chi connectivity index (χ2n) is 7.70. The molecular formula is C19H33IN4O. The maximum absolute atomic E-state index is 6.04. The molecule has 0 aliphatic carbocycles. The zero-order valence-corrected chi connectivity index (χ0v) is 18.4. The van der Waals surface area contributed by atoms with Crippen LogP contribution in [0.25, 0.3) is 0 Å². The van der Waals surface area contributed by atoms with E-state index in [0.717, 1.165) is 18.8 Å². The van der Waals surface area contributed by atoms with E-state index in [4.69, 9.17) is 10.5 Å². The Balaban J connectivity index is 0.00000312. The summed E-state index contributed by atoms with van der Waals surface area (Å²) in [6, 6.07) is 8.77. The van der Waals surface area contributed by atoms with Gasteiger partial charge in [0, 0.05) is 18.1 Å². The zero-order valence-electron chi connectivity index (χ0n) is 16.1. The minimum Gasteiger partial charge on any atom is -0.497 e. The lowest BCUT2D eigenvalue weighted by atomic mass is 9.85. The average molecular weight is 460 g/mol. The minimum atomic E-state index is -0.0632. The molecule has 0 radical (unpaired) electrons. The van der Waals surface area contributed by atoms with Crippen LogP contribution in [0.2, 0.25) is 0 Å². The molecule has 2 rings (SSSR count). The third-order valence-corrected chi connectivity index (χ3v) is 4.46. The predicted octanol–water partition coefficient (Wildman–Crippen LogP) is 3.40. The lowest BCUT2D eigenvalue weighted by molar-refractivity contribution is 0.125. The molecule has 1 aromatic rings. The number of halogens is 1. The van der Waals surface area contributed by atoms with Gasteiger partial charge in [0.05, 0.1) is 7.11 Å². The molecule has 1 aromatic carbocycles. The number of likely N-dealkylation sites (tertiary alicyclic amines) is 1. The van der Waals surface area contributed by atoms with Crippen molar-refractivity contribution in [2.75, 3.05) is 27.2 Å². The first kappa shape index (κ1) is 22.0. The molecule has 2 atom stereocenters. The summed E-state index contributed by atoms with van der Waals surface area (Å²) in [4.78, 5) is 7.04. The van der Waals surface area contributed by atoms with Crippen LogP contribution in [-0.2, 0) is 0 Å². The molecule has 5 nitrogen and oxygen atoms in total. The number of nitrogens with two attached hydrogens (primary N) is 1. The average Bonchev–Trinajstić information content (AvgIpc) is 2.51. The third kappa shape index (κ3) is 6.66. The summed E-state index contributed by atoms with van der Waals surface area (Å²) in [5, 5.41) is 3.24. The second kappa shape index (κ2) is 9.62. The Morgan fingerprint density at radius 3 is 2.52 bits per heavy atom. The summed E-state index contributed by atoms with van der Waals surface area (Å²) < 4.78 is 5.28. The van der Waals surface area contributed by atoms with Crippen molar-refractivity contribution in [3.8, 4) is 5.75 Å². The van der Waals surface area contributed by atoms with Gasteiger partial charge in [-0.05, 0) is 70.8 Å². The highest BCUT2D eigenvalue weighted by atomic mass is 127. The molecule has 0 spiro atoms. The van der Waals surface area contributed by atoms with Crippen LogP contribution in [0.1, 0.15) is 45.2 Å². The third-order valence-electron chi connectivity index (χ3n) is 4.46. The minimum absolute atomic E-state index is 0. The van der Waals surface area contributed by atoms with Crippen molar-refractivity contribution in [3.05, 3.63) is 29.8 Å². The number of aliphatic imine (C=N–C) groups is 1. The molecule has 0 aromatic heterocycles. The Kier molecular flexibility index (Phi) is 8.47. The quantitative estimate of drug-likeness (QED) is 0.411. The van der Waals surface area contributed by atoms with Crippen LogP contribution < -0.4 is 15.8 Å². The maximum Gasteiger partial charge on any atom is 0.188 e. The molecule has 0 saturated carbocycles. The van der Waals surface area contributed by atoms with Gasteiger partial charge in [-0.3, -0.25) is 9.89 Å². The molecular weight excluding hydrogens is 427 g/mol. The van der Waals surface area contributed by atoms with E-state index in [1.165, 1.54) is 18.4 Å². The highest BCUT2D eigenvalue weighted by Gasteiger charge is 2.30. The summed E-state index contributed by atoms with van der Waals surface area (Å²) in [6.45, 7) is 8.13. The monoisotopic (exact) mass is 460 g/mol. The molecule has 0 bridgehead atoms. The summed E-state index contributed by atoms with van der Waals surface area (Å²) in [6.07, 6.45) is 2.38. The van der Waals surface area contributed by atoms with E-state index in [1.807, 2.05) is 12.1 Å². The van der Waals surface area contributed by atoms with Crippen molar-refractivity contribution < 1.29 is 4.74 Å². The van der Waals surface area contributed by atoms with Crippen LogP contribution in [0.4, 0.5) is 0 Å². The van der Waals surface area contributed by atoms with E-state index < -0.39 is 0 Å². The standard InChI is InChI=1S/C19H32N4O.HI/c1-19(2,3)22-18(20)21-13-15-7-6-12-23(4)17(15)14-8-10-16(24-5)11-9-14;/h8-11,15,17H,6-7,12-13H2,1-5H3,(H3,20,21,22);1H. The largest absolute Gasteiger partial charge is 0.497 e. The maximum atomic E-state index is 6.04. The summed E-state index contributed by atoms with van der Waals surface area (Å²) in [7, 11) is 3.89. The van der Waals surface area contributed by atoms with Crippen LogP contribution >= 0.6 is 24.0 Å². The SMILES string of the molecule is COc1ccc(C2C(CN=C(N)NC(C)(C)C)CCCN2C)cc1.I. The first-order valence-corrected chi connectivity index (χ1v) is 8.72. The van der Waals surface area contributed by atoms with Gasteiger partial charge in [0.25, 0.3) is 0 Å². The summed E-state index contributed by atoms with van der Waals surface area (Å²) in [5.41, 5.74) is 7.30. The first-order chi connectivity index (χ1) is 11.3. The Hall–Kier alpha value is -1.02. The predicted molar refractivity (Wildman–Crippen MR) is 116 cm³/mol. The normalized spacial score (nSPS) is 22.2. The molecule has 1 aliphatic heterocycles. The van der Waals surface area contributed by atoms with E-state index in [2.05, 4.69) is 55.2 Å². The smallest absolute Gasteiger partial charge is 0.188 e. The number of piperidine rings is 1. The molecule has 1 aliphatic rings. The Morgan fingerprint density at radius 2 is 1.96 bits per heavy atom. The molecule has 1 fully saturated rings. The van der Waals surface area contributed by atoms with Crippen LogP contribution in [0, 0.1) is 5.92 Å². The van der Waals surface area contributed by atoms with Gasteiger partial charge in [-0.25, -0.2) is 0 Å². The Bertz CT molecular complexity index is 554. The molecule has 0 amide bonds. The number of nitrogens with zero attached hydrogens (tertiary/aromatic N) is 2. The van der Waals surface area contributed by atoms with Crippen molar-refractivity contribution in [2.45, 2.75) is 45.2 Å². The van der Waals surface area contributed by atoms with Crippen molar-refractivity contribution in [1.82, 2.24) is 10.2 Å². The number of rotatable bonds is 4. The number of nitrogens with one attached hydrogen (secondary N) is 1. The van der Waals surface area contributed by atoms with Crippen LogP contribution in [-0.4, -0.2) is 43.6 Å². The molecule has 142 valence electrons. The molecule has 6 heteroatoms. The van der Waals surface area contributed by atoms with Crippen LogP contribution in [0.3, 0.4) is 0 Å². The lowest BCUT2D eigenvalue weighted by Gasteiger charge is -2.39. The highest BCUT2D eigenvalue weighted by Crippen LogP contribution is 2.35. The van der Waals surface area contributed by atoms with E-state index in [0.29, 0.717) is 17.9 Å². The van der Waals surface area contributed by atoms with Gasteiger partial charge in [0.1, 0.15) is 5.75 Å². The Labute approximate surface area is 169 Å². The van der Waals surface area contributed by atoms with E-state index in [9.17, 15) is 0 Å². The van der Waals surface area contributed by atoms with E-state index in [1.54, 1.807) is 7.11 Å². The fourth-order valence-corrected chi connectivity index (χ4v) is 3.42. The number of ether oxygens (including phenoxy) is 1. The lowest BCUT2D eigenvalue weighted by Crippen LogP contribution is -2.45. The molecule has 1 heterocycles.